The van der Waals surface area contributed by atoms with Crippen LogP contribution in [-0.4, -0.2) is 79.4 Å². The van der Waals surface area contributed by atoms with E-state index in [2.05, 4.69) is 15.6 Å². The second kappa shape index (κ2) is 15.2. The van der Waals surface area contributed by atoms with E-state index in [1.54, 1.807) is 17.0 Å². The van der Waals surface area contributed by atoms with Gasteiger partial charge in [-0.1, -0.05) is 84.9 Å². The van der Waals surface area contributed by atoms with Crippen LogP contribution in [-0.2, 0) is 31.0 Å². The van der Waals surface area contributed by atoms with Gasteiger partial charge in [-0.05, 0) is 54.7 Å². The number of carbonyl (C=O) groups is 4. The first-order valence-electron chi connectivity index (χ1n) is 17.8. The van der Waals surface area contributed by atoms with Crippen LogP contribution in [0.15, 0.2) is 109 Å². The van der Waals surface area contributed by atoms with Crippen LogP contribution >= 0.6 is 7.60 Å². The predicted molar refractivity (Wildman–Crippen MR) is 201 cm³/mol. The average Bonchev–Trinajstić information content (AvgIpc) is 3.80. The zero-order chi connectivity index (χ0) is 38.9. The summed E-state index contributed by atoms with van der Waals surface area (Å²) in [7, 11) is -5.84. The summed E-state index contributed by atoms with van der Waals surface area (Å²) in [4.78, 5) is 80.3. The number of hydrogen-bond donors (Lipinski definition) is 5. The molecule has 2 saturated heterocycles. The van der Waals surface area contributed by atoms with Gasteiger partial charge in [-0.2, -0.15) is 8.78 Å². The Hall–Kier alpha value is -5.69. The smallest absolute Gasteiger partial charge is 0.351 e. The highest BCUT2D eigenvalue weighted by atomic mass is 31.2. The molecule has 15 heteroatoms. The highest BCUT2D eigenvalue weighted by molar-refractivity contribution is 7.52. The molecule has 5 aromatic rings. The summed E-state index contributed by atoms with van der Waals surface area (Å²) in [6.45, 7) is 0.0735. The maximum absolute atomic E-state index is 14.6. The number of H-pyrrole nitrogens is 1. The largest absolute Gasteiger partial charge is 0.399 e. The molecule has 4 aromatic carbocycles. The summed E-state index contributed by atoms with van der Waals surface area (Å²) >= 11 is 0. The zero-order valence-electron chi connectivity index (χ0n) is 29.4. The number of amides is 4. The van der Waals surface area contributed by atoms with Crippen LogP contribution in [0, 0.1) is 0 Å². The maximum Gasteiger partial charge on any atom is 0.399 e. The highest BCUT2D eigenvalue weighted by Gasteiger charge is 2.50. The number of para-hydroxylation sites is 1. The van der Waals surface area contributed by atoms with Crippen LogP contribution in [0.2, 0.25) is 0 Å². The number of nitrogens with one attached hydrogen (secondary N) is 3. The fraction of sp³-hybridized carbons (Fsp3) is 0.250. The minimum absolute atomic E-state index is 0.0690. The van der Waals surface area contributed by atoms with Gasteiger partial charge in [-0.25, -0.2) is 0 Å². The zero-order valence-corrected chi connectivity index (χ0v) is 30.3. The van der Waals surface area contributed by atoms with Crippen molar-refractivity contribution in [2.75, 3.05) is 18.4 Å². The number of fused-ring (bicyclic) bond motifs is 2. The van der Waals surface area contributed by atoms with Crippen LogP contribution in [0.3, 0.4) is 0 Å². The van der Waals surface area contributed by atoms with Crippen molar-refractivity contribution in [1.29, 1.82) is 0 Å². The van der Waals surface area contributed by atoms with Gasteiger partial charge in [0.25, 0.3) is 5.91 Å². The van der Waals surface area contributed by atoms with E-state index in [9.17, 15) is 42.3 Å². The summed E-state index contributed by atoms with van der Waals surface area (Å²) in [5.41, 5.74) is -2.23. The van der Waals surface area contributed by atoms with Gasteiger partial charge < -0.3 is 35.2 Å². The molecule has 1 unspecified atom stereocenters. The number of aromatic amines is 1. The Balaban J connectivity index is 1.16. The summed E-state index contributed by atoms with van der Waals surface area (Å²) in [5.74, 6) is -1.98. The first-order chi connectivity index (χ1) is 26.3. The number of alkyl halides is 2. The van der Waals surface area contributed by atoms with E-state index >= 15 is 0 Å². The number of halogens is 2. The number of anilines is 1. The molecular weight excluding hydrogens is 731 g/mol. The maximum atomic E-state index is 14.6. The molecule has 0 bridgehead atoms. The van der Waals surface area contributed by atoms with Crippen molar-refractivity contribution < 1.29 is 42.3 Å². The van der Waals surface area contributed by atoms with E-state index < -0.39 is 48.8 Å². The van der Waals surface area contributed by atoms with Crippen molar-refractivity contribution in [3.8, 4) is 11.1 Å². The van der Waals surface area contributed by atoms with Crippen LogP contribution in [0.4, 0.5) is 14.5 Å². The quantitative estimate of drug-likeness (QED) is 0.121. The molecular formula is C40H38F2N5O7P. The second-order valence-corrected chi connectivity index (χ2v) is 15.4. The average molecular weight is 770 g/mol. The van der Waals surface area contributed by atoms with Gasteiger partial charge in [-0.15, -0.1) is 0 Å². The molecule has 4 amide bonds. The van der Waals surface area contributed by atoms with Gasteiger partial charge in [-0.3, -0.25) is 23.7 Å². The Labute approximate surface area is 314 Å². The van der Waals surface area contributed by atoms with E-state index in [-0.39, 0.29) is 47.9 Å². The molecule has 7 rings (SSSR count). The lowest BCUT2D eigenvalue weighted by molar-refractivity contribution is -0.144. The van der Waals surface area contributed by atoms with Crippen molar-refractivity contribution in [2.24, 2.45) is 0 Å². The van der Waals surface area contributed by atoms with Gasteiger partial charge in [0.05, 0.1) is 6.42 Å². The molecule has 0 saturated carbocycles. The standard InChI is InChI=1S/C40H38F2N5O7P/c41-40(42,55(52,53)54)28-15-17-31-27(22-28)23-33(43-31)37(49)45-34-24-46(36(48)21-25-9-3-1-4-10-25)20-19-29-16-18-35(47(29)39(34)51)38(50)44-32-14-8-7-13-30(32)26-11-5-2-6-12-26/h1-15,17,22-23,29,34-35,43H,16,18-21,24H2,(H,44,50)(H,45,49)(H2,52,53,54)/t29-,34?,35+/m1/s1. The van der Waals surface area contributed by atoms with Gasteiger partial charge in [0.15, 0.2) is 0 Å². The third kappa shape index (κ3) is 7.79. The van der Waals surface area contributed by atoms with E-state index in [1.807, 2.05) is 72.8 Å². The number of nitrogens with zero attached hydrogens (tertiary/aromatic N) is 2. The number of aromatic nitrogens is 1. The normalized spacial score (nSPS) is 19.1. The lowest BCUT2D eigenvalue weighted by Gasteiger charge is -2.38. The number of benzene rings is 4. The van der Waals surface area contributed by atoms with E-state index in [0.717, 1.165) is 28.8 Å². The molecule has 0 aliphatic carbocycles. The molecule has 0 radical (unpaired) electrons. The molecule has 2 aliphatic heterocycles. The molecule has 3 atom stereocenters. The Bertz CT molecular complexity index is 2300. The molecule has 1 aromatic heterocycles. The van der Waals surface area contributed by atoms with Crippen LogP contribution in [0.25, 0.3) is 22.0 Å². The van der Waals surface area contributed by atoms with Gasteiger partial charge in [0.1, 0.15) is 17.8 Å². The minimum atomic E-state index is -5.84. The predicted octanol–water partition coefficient (Wildman–Crippen LogP) is 5.63. The third-order valence-electron chi connectivity index (χ3n) is 10.2. The lowest BCUT2D eigenvalue weighted by Crippen LogP contribution is -2.60. The number of carbonyl (C=O) groups excluding carboxylic acids is 4. The van der Waals surface area contributed by atoms with Crippen molar-refractivity contribution >= 4 is 47.8 Å². The molecule has 284 valence electrons. The van der Waals surface area contributed by atoms with Crippen molar-refractivity contribution in [2.45, 2.75) is 49.5 Å². The summed E-state index contributed by atoms with van der Waals surface area (Å²) in [6.07, 6.45) is 1.34. The third-order valence-corrected chi connectivity index (χ3v) is 11.2. The van der Waals surface area contributed by atoms with Gasteiger partial charge >= 0.3 is 13.3 Å². The second-order valence-electron chi connectivity index (χ2n) is 13.8. The summed E-state index contributed by atoms with van der Waals surface area (Å²) < 4.78 is 40.4. The topological polar surface area (TPSA) is 172 Å². The van der Waals surface area contributed by atoms with Crippen LogP contribution in [0.1, 0.15) is 40.9 Å². The van der Waals surface area contributed by atoms with E-state index in [4.69, 9.17) is 0 Å². The van der Waals surface area contributed by atoms with Crippen molar-refractivity contribution in [3.63, 3.8) is 0 Å². The van der Waals surface area contributed by atoms with Gasteiger partial charge in [0.2, 0.25) is 17.7 Å². The Kier molecular flexibility index (Phi) is 10.4. The lowest BCUT2D eigenvalue weighted by atomic mass is 10.0. The first kappa shape index (κ1) is 37.6. The molecule has 12 nitrogen and oxygen atoms in total. The van der Waals surface area contributed by atoms with Crippen LogP contribution < -0.4 is 10.6 Å². The Morgan fingerprint density at radius 1 is 0.873 bits per heavy atom. The Morgan fingerprint density at radius 3 is 2.29 bits per heavy atom. The van der Waals surface area contributed by atoms with E-state index in [1.165, 1.54) is 17.0 Å². The van der Waals surface area contributed by atoms with Crippen molar-refractivity contribution in [3.05, 3.63) is 126 Å². The number of hydrogen-bond acceptors (Lipinski definition) is 5. The molecule has 2 aliphatic rings. The molecule has 5 N–H and O–H groups in total. The first-order valence-corrected chi connectivity index (χ1v) is 19.4. The number of rotatable bonds is 9. The van der Waals surface area contributed by atoms with Crippen molar-refractivity contribution in [1.82, 2.24) is 20.1 Å². The minimum Gasteiger partial charge on any atom is -0.351 e. The monoisotopic (exact) mass is 769 g/mol. The molecule has 55 heavy (non-hydrogen) atoms. The molecule has 2 fully saturated rings. The fourth-order valence-corrected chi connectivity index (χ4v) is 7.85. The molecule has 3 heterocycles. The van der Waals surface area contributed by atoms with E-state index in [0.29, 0.717) is 24.9 Å². The molecule has 0 spiro atoms. The SMILES string of the molecule is O=C(NC1CN(C(=O)Cc2ccccc2)CC[C@H]2CC[C@@H](C(=O)Nc3ccccc3-c3ccccc3)N2C1=O)c1cc2cc(C(F)(F)P(=O)(O)O)ccc2[nH]1. The highest BCUT2D eigenvalue weighted by Crippen LogP contribution is 2.59. The van der Waals surface area contributed by atoms with Crippen LogP contribution in [0.5, 0.6) is 0 Å². The summed E-state index contributed by atoms with van der Waals surface area (Å²) in [6, 6.07) is 27.6. The fourth-order valence-electron chi connectivity index (χ4n) is 7.37. The summed E-state index contributed by atoms with van der Waals surface area (Å²) in [5, 5.41) is 5.82. The Morgan fingerprint density at radius 2 is 1.56 bits per heavy atom. The van der Waals surface area contributed by atoms with Gasteiger partial charge in [0, 0.05) is 46.8 Å².